The van der Waals surface area contributed by atoms with E-state index < -0.39 is 0 Å². The zero-order valence-corrected chi connectivity index (χ0v) is 11.8. The van der Waals surface area contributed by atoms with Gasteiger partial charge in [0, 0.05) is 12.1 Å². The van der Waals surface area contributed by atoms with Gasteiger partial charge in [-0.15, -0.1) is 0 Å². The van der Waals surface area contributed by atoms with E-state index in [9.17, 15) is 0 Å². The molecule has 6 nitrogen and oxygen atoms in total. The van der Waals surface area contributed by atoms with Gasteiger partial charge < -0.3 is 20.7 Å². The fourth-order valence-electron chi connectivity index (χ4n) is 1.23. The second-order valence-corrected chi connectivity index (χ2v) is 4.93. The molecule has 102 valence electrons. The van der Waals surface area contributed by atoms with Gasteiger partial charge in [-0.2, -0.15) is 4.98 Å². The monoisotopic (exact) mass is 253 g/mol. The van der Waals surface area contributed by atoms with Crippen molar-refractivity contribution < 1.29 is 4.74 Å². The van der Waals surface area contributed by atoms with E-state index in [-0.39, 0.29) is 5.54 Å². The van der Waals surface area contributed by atoms with Gasteiger partial charge >= 0.3 is 0 Å². The van der Waals surface area contributed by atoms with E-state index in [1.54, 1.807) is 0 Å². The summed E-state index contributed by atoms with van der Waals surface area (Å²) in [6, 6.07) is 0. The highest BCUT2D eigenvalue weighted by Gasteiger charge is 2.21. The van der Waals surface area contributed by atoms with Crippen LogP contribution in [0.2, 0.25) is 0 Å². The maximum Gasteiger partial charge on any atom is 0.242 e. The van der Waals surface area contributed by atoms with Crippen molar-refractivity contribution in [3.63, 3.8) is 0 Å². The Morgan fingerprint density at radius 1 is 1.39 bits per heavy atom. The van der Waals surface area contributed by atoms with E-state index >= 15 is 0 Å². The van der Waals surface area contributed by atoms with Crippen molar-refractivity contribution in [2.75, 3.05) is 38.3 Å². The minimum Gasteiger partial charge on any atom is -0.476 e. The van der Waals surface area contributed by atoms with E-state index in [0.717, 1.165) is 6.54 Å². The summed E-state index contributed by atoms with van der Waals surface area (Å²) in [4.78, 5) is 10.3. The molecule has 0 saturated carbocycles. The number of rotatable bonds is 6. The third kappa shape index (κ3) is 3.46. The zero-order valence-electron chi connectivity index (χ0n) is 11.8. The average Bonchev–Trinajstić information content (AvgIpc) is 2.30. The highest BCUT2D eigenvalue weighted by molar-refractivity contribution is 5.66. The van der Waals surface area contributed by atoms with Gasteiger partial charge in [0.15, 0.2) is 5.82 Å². The molecule has 0 bridgehead atoms. The first kappa shape index (κ1) is 14.5. The Hall–Kier alpha value is -1.56. The first-order chi connectivity index (χ1) is 8.38. The molecule has 0 aliphatic heterocycles. The lowest BCUT2D eigenvalue weighted by Crippen LogP contribution is -2.44. The van der Waals surface area contributed by atoms with Crippen molar-refractivity contribution in [1.82, 2.24) is 14.9 Å². The Kier molecular flexibility index (Phi) is 4.72. The lowest BCUT2D eigenvalue weighted by Gasteiger charge is -2.32. The summed E-state index contributed by atoms with van der Waals surface area (Å²) in [6.07, 6.45) is 1.45. The molecule has 0 aliphatic carbocycles. The number of anilines is 2. The zero-order chi connectivity index (χ0) is 13.8. The second-order valence-electron chi connectivity index (χ2n) is 4.93. The highest BCUT2D eigenvalue weighted by atomic mass is 16.5. The average molecular weight is 253 g/mol. The molecule has 1 aromatic rings. The predicted molar refractivity (Wildman–Crippen MR) is 73.9 cm³/mol. The number of nitrogens with zero attached hydrogens (tertiary/aromatic N) is 3. The molecule has 0 fully saturated rings. The fraction of sp³-hybridized carbons (Fsp3) is 0.667. The summed E-state index contributed by atoms with van der Waals surface area (Å²) in [7, 11) is 4.08. The minimum absolute atomic E-state index is 0.00314. The number of hydrogen-bond acceptors (Lipinski definition) is 6. The van der Waals surface area contributed by atoms with Gasteiger partial charge in [-0.3, -0.25) is 0 Å². The molecule has 0 radical (unpaired) electrons. The molecule has 3 N–H and O–H groups in total. The molecule has 1 heterocycles. The molecule has 0 aliphatic rings. The van der Waals surface area contributed by atoms with Crippen LogP contribution in [0.25, 0.3) is 0 Å². The van der Waals surface area contributed by atoms with Crippen LogP contribution in [0.15, 0.2) is 6.33 Å². The molecule has 0 amide bonds. The van der Waals surface area contributed by atoms with E-state index in [1.807, 2.05) is 21.0 Å². The molecule has 1 rings (SSSR count). The lowest BCUT2D eigenvalue weighted by molar-refractivity contribution is 0.210. The van der Waals surface area contributed by atoms with E-state index in [0.29, 0.717) is 24.0 Å². The Bertz CT molecular complexity index is 392. The third-order valence-electron chi connectivity index (χ3n) is 3.03. The Morgan fingerprint density at radius 3 is 2.61 bits per heavy atom. The smallest absolute Gasteiger partial charge is 0.242 e. The van der Waals surface area contributed by atoms with Crippen LogP contribution >= 0.6 is 0 Å². The number of hydrogen-bond donors (Lipinski definition) is 2. The number of nitrogen functional groups attached to an aromatic ring is 1. The van der Waals surface area contributed by atoms with Crippen molar-refractivity contribution in [3.05, 3.63) is 6.33 Å². The Labute approximate surface area is 109 Å². The molecule has 0 saturated heterocycles. The van der Waals surface area contributed by atoms with Gasteiger partial charge in [0.25, 0.3) is 0 Å². The number of likely N-dealkylation sites (N-methyl/N-ethyl adjacent to an activating group) is 1. The summed E-state index contributed by atoms with van der Waals surface area (Å²) in [5.74, 6) is 1.04. The summed E-state index contributed by atoms with van der Waals surface area (Å²) in [5, 5.41) is 3.24. The van der Waals surface area contributed by atoms with Crippen LogP contribution in [0.1, 0.15) is 20.8 Å². The second kappa shape index (κ2) is 5.86. The van der Waals surface area contributed by atoms with Crippen molar-refractivity contribution >= 4 is 11.5 Å². The molecular formula is C12H23N5O. The van der Waals surface area contributed by atoms with Gasteiger partial charge in [0.05, 0.1) is 6.61 Å². The first-order valence-electron chi connectivity index (χ1n) is 6.03. The largest absolute Gasteiger partial charge is 0.476 e. The maximum atomic E-state index is 5.95. The van der Waals surface area contributed by atoms with Gasteiger partial charge in [-0.05, 0) is 34.9 Å². The first-order valence-corrected chi connectivity index (χ1v) is 6.03. The van der Waals surface area contributed by atoms with Crippen LogP contribution in [-0.4, -0.2) is 47.7 Å². The quantitative estimate of drug-likeness (QED) is 0.793. The molecular weight excluding hydrogens is 230 g/mol. The molecule has 0 spiro atoms. The van der Waals surface area contributed by atoms with Crippen molar-refractivity contribution in [1.29, 1.82) is 0 Å². The van der Waals surface area contributed by atoms with E-state index in [2.05, 4.69) is 34.0 Å². The van der Waals surface area contributed by atoms with Gasteiger partial charge in [-0.25, -0.2) is 4.98 Å². The van der Waals surface area contributed by atoms with Crippen molar-refractivity contribution in [2.24, 2.45) is 0 Å². The normalized spacial score (nSPS) is 11.7. The Balaban J connectivity index is 2.77. The number of nitrogens with one attached hydrogen (secondary N) is 1. The highest BCUT2D eigenvalue weighted by Crippen LogP contribution is 2.25. The summed E-state index contributed by atoms with van der Waals surface area (Å²) in [5.41, 5.74) is 6.40. The van der Waals surface area contributed by atoms with Crippen LogP contribution in [0.3, 0.4) is 0 Å². The maximum absolute atomic E-state index is 5.95. The summed E-state index contributed by atoms with van der Waals surface area (Å²) in [6.45, 7) is 7.43. The molecule has 0 atom stereocenters. The van der Waals surface area contributed by atoms with Gasteiger partial charge in [0.1, 0.15) is 12.0 Å². The van der Waals surface area contributed by atoms with Crippen molar-refractivity contribution in [3.8, 4) is 5.88 Å². The van der Waals surface area contributed by atoms with Crippen LogP contribution in [-0.2, 0) is 0 Å². The van der Waals surface area contributed by atoms with E-state index in [1.165, 1.54) is 6.33 Å². The van der Waals surface area contributed by atoms with Gasteiger partial charge in [-0.1, -0.05) is 0 Å². The number of ether oxygens (including phenoxy) is 1. The molecule has 6 heteroatoms. The fourth-order valence-corrected chi connectivity index (χ4v) is 1.23. The summed E-state index contributed by atoms with van der Waals surface area (Å²) < 4.78 is 5.33. The van der Waals surface area contributed by atoms with Crippen LogP contribution in [0, 0.1) is 0 Å². The van der Waals surface area contributed by atoms with Crippen LogP contribution in [0.4, 0.5) is 11.5 Å². The molecule has 0 unspecified atom stereocenters. The Morgan fingerprint density at radius 2 is 2.06 bits per heavy atom. The standard InChI is InChI=1S/C12H23N5O/c1-6-18-11-9(13)10(15-8-16-11)14-7-12(2,3)17(4)5/h8H,6-7,13H2,1-5H3,(H,14,15,16). The SMILES string of the molecule is CCOc1ncnc(NCC(C)(C)N(C)C)c1N. The molecule has 0 aromatic carbocycles. The lowest BCUT2D eigenvalue weighted by atomic mass is 10.0. The summed E-state index contributed by atoms with van der Waals surface area (Å²) >= 11 is 0. The number of nitrogens with two attached hydrogens (primary N) is 1. The van der Waals surface area contributed by atoms with E-state index in [4.69, 9.17) is 10.5 Å². The number of aromatic nitrogens is 2. The minimum atomic E-state index is 0.00314. The van der Waals surface area contributed by atoms with Crippen LogP contribution in [0.5, 0.6) is 5.88 Å². The van der Waals surface area contributed by atoms with Gasteiger partial charge in [0.2, 0.25) is 5.88 Å². The topological polar surface area (TPSA) is 76.3 Å². The van der Waals surface area contributed by atoms with Crippen LogP contribution < -0.4 is 15.8 Å². The third-order valence-corrected chi connectivity index (χ3v) is 3.03. The van der Waals surface area contributed by atoms with Crippen molar-refractivity contribution in [2.45, 2.75) is 26.3 Å². The molecule has 18 heavy (non-hydrogen) atoms. The molecule has 1 aromatic heterocycles. The predicted octanol–water partition coefficient (Wildman–Crippen LogP) is 1.21.